The first kappa shape index (κ1) is 16.4. The van der Waals surface area contributed by atoms with Crippen LogP contribution in [0.3, 0.4) is 0 Å². The van der Waals surface area contributed by atoms with E-state index in [-0.39, 0.29) is 5.69 Å². The van der Waals surface area contributed by atoms with Crippen molar-refractivity contribution in [3.63, 3.8) is 0 Å². The third-order valence-corrected chi connectivity index (χ3v) is 4.91. The maximum Gasteiger partial charge on any atom is 0.271 e. The lowest BCUT2D eigenvalue weighted by atomic mass is 10.1. The average Bonchev–Trinajstić information content (AvgIpc) is 2.90. The molecule has 1 aromatic carbocycles. The van der Waals surface area contributed by atoms with Crippen molar-refractivity contribution >= 4 is 27.3 Å². The van der Waals surface area contributed by atoms with E-state index in [0.29, 0.717) is 30.6 Å². The predicted octanol–water partition coefficient (Wildman–Crippen LogP) is 1.27. The molecule has 0 unspecified atom stereocenters. The molecule has 0 radical (unpaired) electrons. The van der Waals surface area contributed by atoms with E-state index in [1.165, 1.54) is 18.2 Å². The molecule has 1 atom stereocenters. The van der Waals surface area contributed by atoms with Crippen LogP contribution in [0.2, 0.25) is 0 Å². The minimum atomic E-state index is -3.46. The summed E-state index contributed by atoms with van der Waals surface area (Å²) in [6, 6.07) is 3.39. The number of nitrogens with zero attached hydrogens (tertiary/aromatic N) is 2. The standard InChI is InChI=1S/C13H17N3O5S/c1-9-5-6-10(16(18)19)8-11(9)14-13(17)12-4-3-7-15(12)22(2,20)21/h5-6,8,12H,3-4,7H2,1-2H3,(H,14,17)/t12-/m1/s1. The molecule has 1 aliphatic heterocycles. The fraction of sp³-hybridized carbons (Fsp3) is 0.462. The van der Waals surface area contributed by atoms with Crippen molar-refractivity contribution in [3.8, 4) is 0 Å². The van der Waals surface area contributed by atoms with Gasteiger partial charge in [-0.15, -0.1) is 0 Å². The topological polar surface area (TPSA) is 110 Å². The lowest BCUT2D eigenvalue weighted by Gasteiger charge is -2.21. The van der Waals surface area contributed by atoms with Crippen LogP contribution in [0, 0.1) is 17.0 Å². The Morgan fingerprint density at radius 3 is 2.73 bits per heavy atom. The fourth-order valence-corrected chi connectivity index (χ4v) is 3.60. The number of carbonyl (C=O) groups excluding carboxylic acids is 1. The molecule has 1 fully saturated rings. The number of amides is 1. The number of carbonyl (C=O) groups is 1. The minimum Gasteiger partial charge on any atom is -0.324 e. The van der Waals surface area contributed by atoms with Gasteiger partial charge in [-0.2, -0.15) is 4.31 Å². The van der Waals surface area contributed by atoms with E-state index >= 15 is 0 Å². The van der Waals surface area contributed by atoms with Gasteiger partial charge in [-0.25, -0.2) is 8.42 Å². The summed E-state index contributed by atoms with van der Waals surface area (Å²) in [6.45, 7) is 2.02. The molecule has 0 spiro atoms. The van der Waals surface area contributed by atoms with Crippen LogP contribution in [0.25, 0.3) is 0 Å². The second-order valence-corrected chi connectivity index (χ2v) is 7.21. The lowest BCUT2D eigenvalue weighted by molar-refractivity contribution is -0.384. The largest absolute Gasteiger partial charge is 0.324 e. The van der Waals surface area contributed by atoms with E-state index in [4.69, 9.17) is 0 Å². The Morgan fingerprint density at radius 1 is 1.45 bits per heavy atom. The Morgan fingerprint density at radius 2 is 2.14 bits per heavy atom. The lowest BCUT2D eigenvalue weighted by Crippen LogP contribution is -2.42. The highest BCUT2D eigenvalue weighted by Gasteiger charge is 2.36. The maximum absolute atomic E-state index is 12.3. The molecule has 1 heterocycles. The van der Waals surface area contributed by atoms with Gasteiger partial charge in [0.1, 0.15) is 6.04 Å². The number of nitro benzene ring substituents is 1. The Kier molecular flexibility index (Phi) is 4.47. The number of anilines is 1. The first-order valence-corrected chi connectivity index (χ1v) is 8.57. The van der Waals surface area contributed by atoms with Gasteiger partial charge in [-0.05, 0) is 25.3 Å². The van der Waals surface area contributed by atoms with Gasteiger partial charge in [-0.1, -0.05) is 6.07 Å². The van der Waals surface area contributed by atoms with Crippen LogP contribution in [0.4, 0.5) is 11.4 Å². The summed E-state index contributed by atoms with van der Waals surface area (Å²) in [6.07, 6.45) is 2.11. The van der Waals surface area contributed by atoms with Gasteiger partial charge in [0, 0.05) is 18.7 Å². The molecule has 8 nitrogen and oxygen atoms in total. The molecule has 0 saturated carbocycles. The van der Waals surface area contributed by atoms with E-state index in [2.05, 4.69) is 5.32 Å². The summed E-state index contributed by atoms with van der Waals surface area (Å²) < 4.78 is 24.5. The fourth-order valence-electron chi connectivity index (χ4n) is 2.47. The van der Waals surface area contributed by atoms with Gasteiger partial charge < -0.3 is 5.32 Å². The van der Waals surface area contributed by atoms with Crippen molar-refractivity contribution < 1.29 is 18.1 Å². The van der Waals surface area contributed by atoms with Crippen LogP contribution in [0.5, 0.6) is 0 Å². The molecular weight excluding hydrogens is 310 g/mol. The van der Waals surface area contributed by atoms with E-state index in [1.54, 1.807) is 6.92 Å². The number of nitrogens with one attached hydrogen (secondary N) is 1. The van der Waals surface area contributed by atoms with Crippen molar-refractivity contribution in [2.75, 3.05) is 18.1 Å². The number of rotatable bonds is 4. The number of non-ortho nitro benzene ring substituents is 1. The van der Waals surface area contributed by atoms with Crippen LogP contribution < -0.4 is 5.32 Å². The molecule has 22 heavy (non-hydrogen) atoms. The highest BCUT2D eigenvalue weighted by Crippen LogP contribution is 2.25. The van der Waals surface area contributed by atoms with Gasteiger partial charge >= 0.3 is 0 Å². The van der Waals surface area contributed by atoms with Crippen molar-refractivity contribution in [1.29, 1.82) is 0 Å². The second-order valence-electron chi connectivity index (χ2n) is 5.28. The van der Waals surface area contributed by atoms with Crippen molar-refractivity contribution in [1.82, 2.24) is 4.31 Å². The number of benzene rings is 1. The Hall–Kier alpha value is -2.00. The molecule has 1 amide bonds. The van der Waals surface area contributed by atoms with Crippen LogP contribution in [-0.2, 0) is 14.8 Å². The van der Waals surface area contributed by atoms with Crippen LogP contribution >= 0.6 is 0 Å². The smallest absolute Gasteiger partial charge is 0.271 e. The predicted molar refractivity (Wildman–Crippen MR) is 81.0 cm³/mol. The van der Waals surface area contributed by atoms with E-state index in [0.717, 1.165) is 10.6 Å². The highest BCUT2D eigenvalue weighted by molar-refractivity contribution is 7.88. The zero-order valence-electron chi connectivity index (χ0n) is 12.3. The molecular formula is C13H17N3O5S. The molecule has 1 N–H and O–H groups in total. The number of aryl methyl sites for hydroxylation is 1. The van der Waals surface area contributed by atoms with Crippen LogP contribution in [0.1, 0.15) is 18.4 Å². The summed E-state index contributed by atoms with van der Waals surface area (Å²) in [5.41, 5.74) is 0.856. The van der Waals surface area contributed by atoms with Crippen molar-refractivity contribution in [3.05, 3.63) is 33.9 Å². The summed E-state index contributed by atoms with van der Waals surface area (Å²) in [4.78, 5) is 22.6. The molecule has 1 saturated heterocycles. The monoisotopic (exact) mass is 327 g/mol. The van der Waals surface area contributed by atoms with Gasteiger partial charge in [0.2, 0.25) is 15.9 Å². The first-order chi connectivity index (χ1) is 10.2. The molecule has 0 bridgehead atoms. The normalized spacial score (nSPS) is 19.1. The van der Waals surface area contributed by atoms with Gasteiger partial charge in [-0.3, -0.25) is 14.9 Å². The molecule has 1 aliphatic rings. The molecule has 0 aliphatic carbocycles. The Labute approximate surface area is 128 Å². The molecule has 0 aromatic heterocycles. The summed E-state index contributed by atoms with van der Waals surface area (Å²) in [5, 5.41) is 13.4. The minimum absolute atomic E-state index is 0.132. The summed E-state index contributed by atoms with van der Waals surface area (Å²) in [7, 11) is -3.46. The van der Waals surface area contributed by atoms with E-state index in [1.807, 2.05) is 0 Å². The number of hydrogen-bond donors (Lipinski definition) is 1. The molecule has 2 rings (SSSR count). The Balaban J connectivity index is 2.22. The van der Waals surface area contributed by atoms with Gasteiger partial charge in [0.15, 0.2) is 0 Å². The summed E-state index contributed by atoms with van der Waals surface area (Å²) >= 11 is 0. The van der Waals surface area contributed by atoms with Crippen LogP contribution in [0.15, 0.2) is 18.2 Å². The van der Waals surface area contributed by atoms with Crippen molar-refractivity contribution in [2.24, 2.45) is 0 Å². The number of sulfonamides is 1. The second kappa shape index (κ2) is 6.01. The van der Waals surface area contributed by atoms with E-state index in [9.17, 15) is 23.3 Å². The summed E-state index contributed by atoms with van der Waals surface area (Å²) in [5.74, 6) is -0.466. The average molecular weight is 327 g/mol. The third-order valence-electron chi connectivity index (χ3n) is 3.62. The first-order valence-electron chi connectivity index (χ1n) is 6.73. The molecule has 1 aromatic rings. The number of nitro groups is 1. The quantitative estimate of drug-likeness (QED) is 0.661. The zero-order chi connectivity index (χ0) is 16.5. The molecule has 9 heteroatoms. The third kappa shape index (κ3) is 3.42. The van der Waals surface area contributed by atoms with Gasteiger partial charge in [0.05, 0.1) is 16.9 Å². The molecule has 120 valence electrons. The van der Waals surface area contributed by atoms with Gasteiger partial charge in [0.25, 0.3) is 5.69 Å². The Bertz CT molecular complexity index is 716. The SMILES string of the molecule is Cc1ccc([N+](=O)[O-])cc1NC(=O)[C@H]1CCCN1S(C)(=O)=O. The maximum atomic E-state index is 12.3. The zero-order valence-corrected chi connectivity index (χ0v) is 13.1. The number of hydrogen-bond acceptors (Lipinski definition) is 5. The highest BCUT2D eigenvalue weighted by atomic mass is 32.2. The van der Waals surface area contributed by atoms with Crippen LogP contribution in [-0.4, -0.2) is 42.4 Å². The van der Waals surface area contributed by atoms with E-state index < -0.39 is 26.9 Å². The van der Waals surface area contributed by atoms with Crippen molar-refractivity contribution in [2.45, 2.75) is 25.8 Å².